The minimum Gasteiger partial charge on any atom is -0.466 e. The Hall–Kier alpha value is -3.99. The Bertz CT molecular complexity index is 1330. The van der Waals surface area contributed by atoms with E-state index in [1.165, 1.54) is 0 Å². The lowest BCUT2D eigenvalue weighted by Crippen LogP contribution is -2.31. The molecule has 0 atom stereocenters. The SMILES string of the molecule is Cc1cc(-c2cc(C(=O)N(CCC#N)Cc3cccnc3)c3cnn(C(C)C)c3n2)c(C)o1. The van der Waals surface area contributed by atoms with Gasteiger partial charge in [0, 0.05) is 37.1 Å². The third kappa shape index (κ3) is 4.48. The zero-order chi connectivity index (χ0) is 23.5. The number of furan rings is 1. The van der Waals surface area contributed by atoms with Gasteiger partial charge in [0.25, 0.3) is 5.91 Å². The van der Waals surface area contributed by atoms with Crippen LogP contribution in [0.1, 0.15) is 53.8 Å². The lowest BCUT2D eigenvalue weighted by Gasteiger charge is -2.22. The molecule has 4 heterocycles. The summed E-state index contributed by atoms with van der Waals surface area (Å²) >= 11 is 0. The molecule has 0 aliphatic heterocycles. The third-order valence-corrected chi connectivity index (χ3v) is 5.48. The highest BCUT2D eigenvalue weighted by molar-refractivity contribution is 6.06. The summed E-state index contributed by atoms with van der Waals surface area (Å²) in [7, 11) is 0. The van der Waals surface area contributed by atoms with Crippen LogP contribution < -0.4 is 0 Å². The average molecular weight is 443 g/mol. The first kappa shape index (κ1) is 22.2. The molecular weight excluding hydrogens is 416 g/mol. The first-order valence-electron chi connectivity index (χ1n) is 10.9. The van der Waals surface area contributed by atoms with Crippen LogP contribution in [0, 0.1) is 25.2 Å². The number of nitrogens with zero attached hydrogens (tertiary/aromatic N) is 6. The van der Waals surface area contributed by atoms with Crippen molar-refractivity contribution < 1.29 is 9.21 Å². The maximum absolute atomic E-state index is 13.8. The smallest absolute Gasteiger partial charge is 0.255 e. The topological polar surface area (TPSA) is 101 Å². The van der Waals surface area contributed by atoms with Crippen LogP contribution in [-0.2, 0) is 6.54 Å². The highest BCUT2D eigenvalue weighted by atomic mass is 16.3. The summed E-state index contributed by atoms with van der Waals surface area (Å²) in [5.74, 6) is 1.34. The first-order valence-corrected chi connectivity index (χ1v) is 10.9. The van der Waals surface area contributed by atoms with Crippen LogP contribution in [0.25, 0.3) is 22.3 Å². The molecule has 0 aromatic carbocycles. The van der Waals surface area contributed by atoms with E-state index in [-0.39, 0.29) is 18.4 Å². The van der Waals surface area contributed by atoms with E-state index in [1.54, 1.807) is 29.6 Å². The third-order valence-electron chi connectivity index (χ3n) is 5.48. The molecule has 0 saturated carbocycles. The number of aryl methyl sites for hydroxylation is 2. The number of amides is 1. The molecule has 4 aromatic rings. The molecule has 0 aliphatic carbocycles. The van der Waals surface area contributed by atoms with Gasteiger partial charge in [-0.2, -0.15) is 10.4 Å². The molecule has 33 heavy (non-hydrogen) atoms. The van der Waals surface area contributed by atoms with Crippen molar-refractivity contribution in [2.75, 3.05) is 6.54 Å². The molecule has 1 amide bonds. The molecule has 4 rings (SSSR count). The largest absolute Gasteiger partial charge is 0.466 e. The summed E-state index contributed by atoms with van der Waals surface area (Å²) in [5.41, 5.74) is 3.54. The van der Waals surface area contributed by atoms with Crippen molar-refractivity contribution in [2.24, 2.45) is 0 Å². The van der Waals surface area contributed by atoms with Crippen LogP contribution in [0.5, 0.6) is 0 Å². The molecule has 168 valence electrons. The van der Waals surface area contributed by atoms with E-state index in [9.17, 15) is 4.79 Å². The van der Waals surface area contributed by atoms with Crippen LogP contribution in [0.4, 0.5) is 0 Å². The Labute approximate surface area is 192 Å². The number of rotatable bonds is 7. The molecule has 8 heteroatoms. The minimum absolute atomic E-state index is 0.0745. The van der Waals surface area contributed by atoms with Crippen molar-refractivity contribution in [2.45, 2.75) is 46.7 Å². The van der Waals surface area contributed by atoms with Gasteiger partial charge in [-0.1, -0.05) is 6.07 Å². The van der Waals surface area contributed by atoms with Gasteiger partial charge >= 0.3 is 0 Å². The van der Waals surface area contributed by atoms with Crippen LogP contribution in [0.15, 0.2) is 47.3 Å². The standard InChI is InChI=1S/C25H26N6O2/c1-16(2)31-24-22(14-28-31)21(12-23(29-24)20-11-17(3)33-18(20)4)25(32)30(10-6-8-26)15-19-7-5-9-27-13-19/h5,7,9,11-14,16H,6,10,15H2,1-4H3. The van der Waals surface area contributed by atoms with E-state index < -0.39 is 0 Å². The molecule has 0 bridgehead atoms. The van der Waals surface area contributed by atoms with E-state index in [2.05, 4.69) is 16.2 Å². The average Bonchev–Trinajstić information content (AvgIpc) is 3.38. The van der Waals surface area contributed by atoms with E-state index >= 15 is 0 Å². The Balaban J connectivity index is 1.85. The molecule has 0 fully saturated rings. The Morgan fingerprint density at radius 2 is 2.09 bits per heavy atom. The second kappa shape index (κ2) is 9.25. The van der Waals surface area contributed by atoms with Gasteiger partial charge in [-0.3, -0.25) is 9.78 Å². The number of nitriles is 1. The second-order valence-electron chi connectivity index (χ2n) is 8.30. The summed E-state index contributed by atoms with van der Waals surface area (Å²) in [6.45, 7) is 8.49. The number of carbonyl (C=O) groups is 1. The summed E-state index contributed by atoms with van der Waals surface area (Å²) in [6, 6.07) is 9.70. The summed E-state index contributed by atoms with van der Waals surface area (Å²) < 4.78 is 7.54. The number of hydrogen-bond acceptors (Lipinski definition) is 6. The van der Waals surface area contributed by atoms with Crippen LogP contribution in [0.2, 0.25) is 0 Å². The predicted octanol–water partition coefficient (Wildman–Crippen LogP) is 4.84. The fraction of sp³-hybridized carbons (Fsp3) is 0.320. The molecule has 0 unspecified atom stereocenters. The summed E-state index contributed by atoms with van der Waals surface area (Å²) in [6.07, 6.45) is 5.35. The highest BCUT2D eigenvalue weighted by Crippen LogP contribution is 2.30. The van der Waals surface area contributed by atoms with Gasteiger partial charge in [0.2, 0.25) is 0 Å². The van der Waals surface area contributed by atoms with Crippen molar-refractivity contribution in [3.8, 4) is 17.3 Å². The molecule has 0 radical (unpaired) electrons. The predicted molar refractivity (Wildman–Crippen MR) is 124 cm³/mol. The van der Waals surface area contributed by atoms with E-state index in [0.29, 0.717) is 35.4 Å². The number of fused-ring (bicyclic) bond motifs is 1. The van der Waals surface area contributed by atoms with Crippen LogP contribution in [-0.4, -0.2) is 37.1 Å². The van der Waals surface area contributed by atoms with Gasteiger partial charge in [-0.25, -0.2) is 9.67 Å². The van der Waals surface area contributed by atoms with Gasteiger partial charge in [0.15, 0.2) is 5.65 Å². The number of carbonyl (C=O) groups excluding carboxylic acids is 1. The maximum Gasteiger partial charge on any atom is 0.255 e. The van der Waals surface area contributed by atoms with Gasteiger partial charge in [-0.15, -0.1) is 0 Å². The Kier molecular flexibility index (Phi) is 6.22. The van der Waals surface area contributed by atoms with Crippen molar-refractivity contribution in [1.29, 1.82) is 5.26 Å². The summed E-state index contributed by atoms with van der Waals surface area (Å²) in [4.78, 5) is 24.5. The number of pyridine rings is 2. The second-order valence-corrected chi connectivity index (χ2v) is 8.30. The van der Waals surface area contributed by atoms with Crippen molar-refractivity contribution in [1.82, 2.24) is 24.6 Å². The fourth-order valence-electron chi connectivity index (χ4n) is 3.92. The normalized spacial score (nSPS) is 11.2. The quantitative estimate of drug-likeness (QED) is 0.406. The molecule has 0 N–H and O–H groups in total. The maximum atomic E-state index is 13.8. The lowest BCUT2D eigenvalue weighted by atomic mass is 10.1. The molecule has 0 aliphatic rings. The molecule has 0 spiro atoms. The van der Waals surface area contributed by atoms with Gasteiger partial charge < -0.3 is 9.32 Å². The van der Waals surface area contributed by atoms with Gasteiger partial charge in [-0.05, 0) is 51.5 Å². The van der Waals surface area contributed by atoms with Crippen molar-refractivity contribution >= 4 is 16.9 Å². The molecular formula is C25H26N6O2. The Morgan fingerprint density at radius 1 is 1.27 bits per heavy atom. The zero-order valence-corrected chi connectivity index (χ0v) is 19.2. The van der Waals surface area contributed by atoms with E-state index in [0.717, 1.165) is 22.6 Å². The minimum atomic E-state index is -0.177. The van der Waals surface area contributed by atoms with Gasteiger partial charge in [0.1, 0.15) is 11.5 Å². The van der Waals surface area contributed by atoms with Crippen LogP contribution in [0.3, 0.4) is 0 Å². The lowest BCUT2D eigenvalue weighted by molar-refractivity contribution is 0.0748. The summed E-state index contributed by atoms with van der Waals surface area (Å²) in [5, 5.41) is 14.3. The zero-order valence-electron chi connectivity index (χ0n) is 19.2. The monoisotopic (exact) mass is 442 g/mol. The highest BCUT2D eigenvalue weighted by Gasteiger charge is 2.24. The molecule has 8 nitrogen and oxygen atoms in total. The van der Waals surface area contributed by atoms with Crippen molar-refractivity contribution in [3.05, 3.63) is 65.5 Å². The number of hydrogen-bond donors (Lipinski definition) is 0. The van der Waals surface area contributed by atoms with Gasteiger partial charge in [0.05, 0.1) is 35.3 Å². The molecule has 0 saturated heterocycles. The Morgan fingerprint density at radius 3 is 2.73 bits per heavy atom. The van der Waals surface area contributed by atoms with Crippen molar-refractivity contribution in [3.63, 3.8) is 0 Å². The fourth-order valence-corrected chi connectivity index (χ4v) is 3.92. The molecule has 4 aromatic heterocycles. The number of aromatic nitrogens is 4. The van der Waals surface area contributed by atoms with Crippen LogP contribution >= 0.6 is 0 Å². The van der Waals surface area contributed by atoms with E-state index in [1.807, 2.05) is 50.6 Å². The van der Waals surface area contributed by atoms with E-state index in [4.69, 9.17) is 14.7 Å². The first-order chi connectivity index (χ1) is 15.9.